The summed E-state index contributed by atoms with van der Waals surface area (Å²) >= 11 is 0. The van der Waals surface area contributed by atoms with E-state index in [2.05, 4.69) is 9.97 Å². The molecule has 1 aliphatic heterocycles. The van der Waals surface area contributed by atoms with Crippen LogP contribution in [0.5, 0.6) is 5.75 Å². The number of hydrogen-bond donors (Lipinski definition) is 0. The lowest BCUT2D eigenvalue weighted by Gasteiger charge is -2.31. The van der Waals surface area contributed by atoms with Crippen LogP contribution in [0.15, 0.2) is 47.8 Å². The van der Waals surface area contributed by atoms with E-state index >= 15 is 0 Å². The van der Waals surface area contributed by atoms with E-state index in [1.807, 2.05) is 19.1 Å². The van der Waals surface area contributed by atoms with E-state index in [0.717, 1.165) is 11.4 Å². The van der Waals surface area contributed by atoms with Crippen molar-refractivity contribution in [3.63, 3.8) is 0 Å². The summed E-state index contributed by atoms with van der Waals surface area (Å²) in [5.41, 5.74) is 0.940. The highest BCUT2D eigenvalue weighted by molar-refractivity contribution is 7.89. The van der Waals surface area contributed by atoms with Crippen LogP contribution in [0.3, 0.4) is 0 Å². The first-order valence-corrected chi connectivity index (χ1v) is 8.99. The SMILES string of the molecule is Cc1ccc(OC2CCN(S(=O)(=O)c3cccnc3)CC2)cn1. The first kappa shape index (κ1) is 15.9. The molecule has 0 N–H and O–H groups in total. The van der Waals surface area contributed by atoms with Gasteiger partial charge < -0.3 is 4.74 Å². The number of sulfonamides is 1. The quantitative estimate of drug-likeness (QED) is 0.856. The van der Waals surface area contributed by atoms with Crippen LogP contribution in [-0.4, -0.2) is 41.9 Å². The normalized spacial score (nSPS) is 17.1. The summed E-state index contributed by atoms with van der Waals surface area (Å²) in [6.45, 7) is 2.81. The third-order valence-electron chi connectivity index (χ3n) is 3.86. The van der Waals surface area contributed by atoms with Gasteiger partial charge in [0.05, 0.1) is 6.20 Å². The second kappa shape index (κ2) is 6.64. The highest BCUT2D eigenvalue weighted by atomic mass is 32.2. The van der Waals surface area contributed by atoms with Gasteiger partial charge in [-0.1, -0.05) is 0 Å². The number of rotatable bonds is 4. The average Bonchev–Trinajstić information content (AvgIpc) is 2.58. The highest BCUT2D eigenvalue weighted by Gasteiger charge is 2.30. The van der Waals surface area contributed by atoms with Crippen molar-refractivity contribution < 1.29 is 13.2 Å². The summed E-state index contributed by atoms with van der Waals surface area (Å²) in [5.74, 6) is 0.726. The van der Waals surface area contributed by atoms with Crippen molar-refractivity contribution in [3.05, 3.63) is 48.5 Å². The van der Waals surface area contributed by atoms with Crippen molar-refractivity contribution in [2.24, 2.45) is 0 Å². The molecule has 3 rings (SSSR count). The molecule has 0 unspecified atom stereocenters. The monoisotopic (exact) mass is 333 g/mol. The van der Waals surface area contributed by atoms with Gasteiger partial charge in [-0.05, 0) is 44.0 Å². The molecule has 1 fully saturated rings. The number of piperidine rings is 1. The minimum atomic E-state index is -3.46. The zero-order valence-corrected chi connectivity index (χ0v) is 13.7. The Balaban J connectivity index is 1.61. The lowest BCUT2D eigenvalue weighted by molar-refractivity contribution is 0.134. The maximum Gasteiger partial charge on any atom is 0.244 e. The lowest BCUT2D eigenvalue weighted by atomic mass is 10.1. The maximum absolute atomic E-state index is 12.5. The van der Waals surface area contributed by atoms with E-state index in [-0.39, 0.29) is 11.0 Å². The van der Waals surface area contributed by atoms with E-state index in [1.54, 1.807) is 24.5 Å². The molecule has 0 saturated carbocycles. The standard InChI is InChI=1S/C16H19N3O3S/c1-13-4-5-15(11-18-13)22-14-6-9-19(10-7-14)23(20,21)16-3-2-8-17-12-16/h2-5,8,11-12,14H,6-7,9-10H2,1H3. The Morgan fingerprint density at radius 1 is 1.17 bits per heavy atom. The molecule has 23 heavy (non-hydrogen) atoms. The first-order valence-electron chi connectivity index (χ1n) is 7.55. The predicted octanol–water partition coefficient (Wildman–Crippen LogP) is 2.02. The number of aryl methyl sites for hydroxylation is 1. The molecule has 3 heterocycles. The average molecular weight is 333 g/mol. The minimum Gasteiger partial charge on any atom is -0.489 e. The summed E-state index contributed by atoms with van der Waals surface area (Å²) < 4.78 is 32.4. The van der Waals surface area contributed by atoms with Crippen LogP contribution in [0.1, 0.15) is 18.5 Å². The molecule has 7 heteroatoms. The summed E-state index contributed by atoms with van der Waals surface area (Å²) in [6.07, 6.45) is 5.99. The van der Waals surface area contributed by atoms with Crippen LogP contribution in [0.25, 0.3) is 0 Å². The van der Waals surface area contributed by atoms with Crippen molar-refractivity contribution in [3.8, 4) is 5.75 Å². The fourth-order valence-electron chi connectivity index (χ4n) is 2.56. The topological polar surface area (TPSA) is 72.4 Å². The van der Waals surface area contributed by atoms with Gasteiger partial charge >= 0.3 is 0 Å². The number of aromatic nitrogens is 2. The van der Waals surface area contributed by atoms with Gasteiger partial charge in [0.1, 0.15) is 16.7 Å². The molecule has 0 aromatic carbocycles. The van der Waals surface area contributed by atoms with Crippen LogP contribution in [0.4, 0.5) is 0 Å². The third kappa shape index (κ3) is 3.68. The van der Waals surface area contributed by atoms with Crippen LogP contribution >= 0.6 is 0 Å². The zero-order chi connectivity index (χ0) is 16.3. The second-order valence-corrected chi connectivity index (χ2v) is 7.48. The molecule has 0 aliphatic carbocycles. The first-order chi connectivity index (χ1) is 11.1. The smallest absolute Gasteiger partial charge is 0.244 e. The molecule has 0 spiro atoms. The van der Waals surface area contributed by atoms with Gasteiger partial charge in [-0.2, -0.15) is 4.31 Å². The molecular weight excluding hydrogens is 314 g/mol. The van der Waals surface area contributed by atoms with E-state index < -0.39 is 10.0 Å². The van der Waals surface area contributed by atoms with Gasteiger partial charge in [-0.3, -0.25) is 9.97 Å². The molecule has 122 valence electrons. The second-order valence-electron chi connectivity index (χ2n) is 5.55. The van der Waals surface area contributed by atoms with Gasteiger partial charge in [0.25, 0.3) is 0 Å². The number of pyridine rings is 2. The molecular formula is C16H19N3O3S. The lowest BCUT2D eigenvalue weighted by Crippen LogP contribution is -2.41. The Hall–Kier alpha value is -1.99. The Bertz CT molecular complexity index is 740. The summed E-state index contributed by atoms with van der Waals surface area (Å²) in [6, 6.07) is 6.99. The van der Waals surface area contributed by atoms with E-state index in [1.165, 1.54) is 10.5 Å². The van der Waals surface area contributed by atoms with Crippen molar-refractivity contribution in [2.75, 3.05) is 13.1 Å². The molecule has 2 aromatic heterocycles. The minimum absolute atomic E-state index is 0.0138. The molecule has 0 atom stereocenters. The van der Waals surface area contributed by atoms with Crippen LogP contribution < -0.4 is 4.74 Å². The van der Waals surface area contributed by atoms with Crippen molar-refractivity contribution in [1.82, 2.24) is 14.3 Å². The Labute approximate surface area is 136 Å². The van der Waals surface area contributed by atoms with Gasteiger partial charge in [0, 0.05) is 31.2 Å². The van der Waals surface area contributed by atoms with Gasteiger partial charge in [-0.25, -0.2) is 8.42 Å². The highest BCUT2D eigenvalue weighted by Crippen LogP contribution is 2.23. The van der Waals surface area contributed by atoms with Crippen molar-refractivity contribution in [2.45, 2.75) is 30.8 Å². The predicted molar refractivity (Wildman–Crippen MR) is 85.6 cm³/mol. The molecule has 0 bridgehead atoms. The van der Waals surface area contributed by atoms with Crippen molar-refractivity contribution in [1.29, 1.82) is 0 Å². The number of hydrogen-bond acceptors (Lipinski definition) is 5. The van der Waals surface area contributed by atoms with E-state index in [0.29, 0.717) is 25.9 Å². The third-order valence-corrected chi connectivity index (χ3v) is 5.74. The van der Waals surface area contributed by atoms with Crippen LogP contribution in [0, 0.1) is 6.92 Å². The Morgan fingerprint density at radius 2 is 1.96 bits per heavy atom. The molecule has 1 aliphatic rings. The molecule has 0 amide bonds. The van der Waals surface area contributed by atoms with Gasteiger partial charge in [-0.15, -0.1) is 0 Å². The zero-order valence-electron chi connectivity index (χ0n) is 12.9. The number of nitrogens with zero attached hydrogens (tertiary/aromatic N) is 3. The summed E-state index contributed by atoms with van der Waals surface area (Å²) in [5, 5.41) is 0. The summed E-state index contributed by atoms with van der Waals surface area (Å²) in [4.78, 5) is 8.32. The molecule has 2 aromatic rings. The molecule has 0 radical (unpaired) electrons. The molecule has 6 nitrogen and oxygen atoms in total. The largest absolute Gasteiger partial charge is 0.489 e. The number of ether oxygens (including phenoxy) is 1. The fourth-order valence-corrected chi connectivity index (χ4v) is 3.99. The summed E-state index contributed by atoms with van der Waals surface area (Å²) in [7, 11) is -3.46. The Kier molecular flexibility index (Phi) is 4.58. The van der Waals surface area contributed by atoms with Crippen LogP contribution in [0.2, 0.25) is 0 Å². The van der Waals surface area contributed by atoms with Crippen LogP contribution in [-0.2, 0) is 10.0 Å². The fraction of sp³-hybridized carbons (Fsp3) is 0.375. The Morgan fingerprint density at radius 3 is 2.57 bits per heavy atom. The molecule has 1 saturated heterocycles. The van der Waals surface area contributed by atoms with Gasteiger partial charge in [0.2, 0.25) is 10.0 Å². The van der Waals surface area contributed by atoms with E-state index in [4.69, 9.17) is 4.74 Å². The maximum atomic E-state index is 12.5. The van der Waals surface area contributed by atoms with E-state index in [9.17, 15) is 8.42 Å². The van der Waals surface area contributed by atoms with Crippen molar-refractivity contribution >= 4 is 10.0 Å². The van der Waals surface area contributed by atoms with Gasteiger partial charge in [0.15, 0.2) is 0 Å².